The molecular weight excluding hydrogens is 312 g/mol. The number of aromatic nitrogens is 4. The molecule has 1 aromatic carbocycles. The SMILES string of the molecule is COc1ccc(C(=O)CSc2nnc3nc(C)cc(C)n23)cc1. The van der Waals surface area contributed by atoms with Gasteiger partial charge in [0.2, 0.25) is 0 Å². The maximum absolute atomic E-state index is 12.3. The molecule has 7 heteroatoms. The summed E-state index contributed by atoms with van der Waals surface area (Å²) in [6, 6.07) is 9.05. The van der Waals surface area contributed by atoms with Crippen molar-refractivity contribution in [2.45, 2.75) is 19.0 Å². The molecule has 2 aromatic heterocycles. The molecule has 0 saturated heterocycles. The summed E-state index contributed by atoms with van der Waals surface area (Å²) in [6.45, 7) is 3.89. The third-order valence-electron chi connectivity index (χ3n) is 3.41. The number of hydrogen-bond donors (Lipinski definition) is 0. The van der Waals surface area contributed by atoms with Crippen LogP contribution < -0.4 is 4.74 Å². The summed E-state index contributed by atoms with van der Waals surface area (Å²) in [7, 11) is 1.60. The molecule has 23 heavy (non-hydrogen) atoms. The van der Waals surface area contributed by atoms with Crippen molar-refractivity contribution in [3.63, 3.8) is 0 Å². The minimum absolute atomic E-state index is 0.0344. The highest BCUT2D eigenvalue weighted by atomic mass is 32.2. The van der Waals surface area contributed by atoms with E-state index in [0.717, 1.165) is 17.1 Å². The van der Waals surface area contributed by atoms with Crippen molar-refractivity contribution in [1.82, 2.24) is 19.6 Å². The third-order valence-corrected chi connectivity index (χ3v) is 4.34. The molecule has 0 spiro atoms. The highest BCUT2D eigenvalue weighted by Gasteiger charge is 2.13. The van der Waals surface area contributed by atoms with Crippen molar-refractivity contribution in [2.24, 2.45) is 0 Å². The summed E-state index contributed by atoms with van der Waals surface area (Å²) >= 11 is 1.36. The molecule has 0 N–H and O–H groups in total. The van der Waals surface area contributed by atoms with E-state index in [2.05, 4.69) is 15.2 Å². The van der Waals surface area contributed by atoms with Gasteiger partial charge in [0.25, 0.3) is 5.78 Å². The Balaban J connectivity index is 1.76. The van der Waals surface area contributed by atoms with Crippen LogP contribution in [0.4, 0.5) is 0 Å². The van der Waals surface area contributed by atoms with E-state index < -0.39 is 0 Å². The normalized spacial score (nSPS) is 10.9. The fraction of sp³-hybridized carbons (Fsp3) is 0.250. The standard InChI is InChI=1S/C16H16N4O2S/c1-10-8-11(2)20-15(17-10)18-19-16(20)23-9-14(21)12-4-6-13(22-3)7-5-12/h4-8H,9H2,1-3H3. The zero-order valence-electron chi connectivity index (χ0n) is 13.1. The molecule has 0 unspecified atom stereocenters. The number of carbonyl (C=O) groups is 1. The number of ketones is 1. The first kappa shape index (κ1) is 15.5. The smallest absolute Gasteiger partial charge is 0.256 e. The van der Waals surface area contributed by atoms with Gasteiger partial charge in [-0.2, -0.15) is 0 Å². The lowest BCUT2D eigenvalue weighted by atomic mass is 10.1. The molecule has 0 fully saturated rings. The number of benzene rings is 1. The average molecular weight is 328 g/mol. The second-order valence-electron chi connectivity index (χ2n) is 5.10. The first-order valence-corrected chi connectivity index (χ1v) is 8.06. The van der Waals surface area contributed by atoms with Gasteiger partial charge in [0, 0.05) is 17.0 Å². The highest BCUT2D eigenvalue weighted by Crippen LogP contribution is 2.20. The monoisotopic (exact) mass is 328 g/mol. The van der Waals surface area contributed by atoms with Crippen molar-refractivity contribution < 1.29 is 9.53 Å². The van der Waals surface area contributed by atoms with E-state index in [4.69, 9.17) is 4.74 Å². The van der Waals surface area contributed by atoms with Crippen LogP contribution in [0.15, 0.2) is 35.5 Å². The number of carbonyl (C=O) groups excluding carboxylic acids is 1. The zero-order valence-corrected chi connectivity index (χ0v) is 13.9. The summed E-state index contributed by atoms with van der Waals surface area (Å²) in [6.07, 6.45) is 0. The van der Waals surface area contributed by atoms with Crippen LogP contribution in [-0.2, 0) is 0 Å². The Labute approximate surface area is 137 Å². The molecule has 3 rings (SSSR count). The molecule has 0 bridgehead atoms. The summed E-state index contributed by atoms with van der Waals surface area (Å²) < 4.78 is 6.95. The van der Waals surface area contributed by atoms with Crippen molar-refractivity contribution in [2.75, 3.05) is 12.9 Å². The minimum atomic E-state index is 0.0344. The van der Waals surface area contributed by atoms with Crippen molar-refractivity contribution in [3.8, 4) is 5.75 Å². The number of nitrogens with zero attached hydrogens (tertiary/aromatic N) is 4. The van der Waals surface area contributed by atoms with Crippen LogP contribution >= 0.6 is 11.8 Å². The predicted molar refractivity (Wildman–Crippen MR) is 88.3 cm³/mol. The lowest BCUT2D eigenvalue weighted by Gasteiger charge is -2.04. The van der Waals surface area contributed by atoms with Gasteiger partial charge in [0.1, 0.15) is 5.75 Å². The Morgan fingerprint density at radius 3 is 2.65 bits per heavy atom. The Bertz CT molecular complexity index is 858. The Morgan fingerprint density at radius 2 is 1.96 bits per heavy atom. The van der Waals surface area contributed by atoms with E-state index in [0.29, 0.717) is 22.3 Å². The lowest BCUT2D eigenvalue weighted by Crippen LogP contribution is -2.04. The van der Waals surface area contributed by atoms with Crippen LogP contribution in [0.25, 0.3) is 5.78 Å². The number of fused-ring (bicyclic) bond motifs is 1. The van der Waals surface area contributed by atoms with E-state index in [1.807, 2.05) is 24.3 Å². The number of hydrogen-bond acceptors (Lipinski definition) is 6. The topological polar surface area (TPSA) is 69.4 Å². The van der Waals surface area contributed by atoms with E-state index >= 15 is 0 Å². The molecule has 6 nitrogen and oxygen atoms in total. The number of methoxy groups -OCH3 is 1. The molecule has 0 aliphatic carbocycles. The van der Waals surface area contributed by atoms with Gasteiger partial charge >= 0.3 is 0 Å². The second kappa shape index (κ2) is 6.37. The first-order chi connectivity index (χ1) is 11.1. The third kappa shape index (κ3) is 3.19. The summed E-state index contributed by atoms with van der Waals surface area (Å²) in [5.41, 5.74) is 2.54. The molecule has 2 heterocycles. The van der Waals surface area contributed by atoms with Gasteiger partial charge in [-0.3, -0.25) is 9.20 Å². The summed E-state index contributed by atoms with van der Waals surface area (Å²) in [5.74, 6) is 1.62. The van der Waals surface area contributed by atoms with Crippen molar-refractivity contribution in [3.05, 3.63) is 47.3 Å². The first-order valence-electron chi connectivity index (χ1n) is 7.08. The van der Waals surface area contributed by atoms with Gasteiger partial charge in [0.15, 0.2) is 10.9 Å². The van der Waals surface area contributed by atoms with E-state index in [1.54, 1.807) is 31.4 Å². The maximum Gasteiger partial charge on any atom is 0.256 e. The maximum atomic E-state index is 12.3. The number of aryl methyl sites for hydroxylation is 2. The van der Waals surface area contributed by atoms with E-state index in [1.165, 1.54) is 11.8 Å². The fourth-order valence-electron chi connectivity index (χ4n) is 2.28. The quantitative estimate of drug-likeness (QED) is 0.530. The molecule has 0 radical (unpaired) electrons. The van der Waals surface area contributed by atoms with Crippen molar-refractivity contribution >= 4 is 23.3 Å². The highest BCUT2D eigenvalue weighted by molar-refractivity contribution is 7.99. The number of ether oxygens (including phenoxy) is 1. The predicted octanol–water partition coefficient (Wildman–Crippen LogP) is 2.72. The van der Waals surface area contributed by atoms with Crippen LogP contribution in [-0.4, -0.2) is 38.2 Å². The zero-order chi connectivity index (χ0) is 16.4. The molecular formula is C16H16N4O2S. The molecule has 0 aliphatic heterocycles. The number of Topliss-reactive ketones (excluding diaryl/α,β-unsaturated/α-hetero) is 1. The number of rotatable bonds is 5. The molecule has 0 atom stereocenters. The van der Waals surface area contributed by atoms with Gasteiger partial charge in [0.05, 0.1) is 12.9 Å². The van der Waals surface area contributed by atoms with Gasteiger partial charge in [-0.25, -0.2) is 4.98 Å². The molecule has 118 valence electrons. The minimum Gasteiger partial charge on any atom is -0.497 e. The Hall–Kier alpha value is -2.41. The van der Waals surface area contributed by atoms with Crippen LogP contribution in [0, 0.1) is 13.8 Å². The Morgan fingerprint density at radius 1 is 1.22 bits per heavy atom. The van der Waals surface area contributed by atoms with Gasteiger partial charge in [-0.15, -0.1) is 10.2 Å². The molecule has 3 aromatic rings. The van der Waals surface area contributed by atoms with Crippen LogP contribution in [0.2, 0.25) is 0 Å². The number of thioether (sulfide) groups is 1. The average Bonchev–Trinajstić information content (AvgIpc) is 2.95. The largest absolute Gasteiger partial charge is 0.497 e. The van der Waals surface area contributed by atoms with Crippen LogP contribution in [0.1, 0.15) is 21.7 Å². The van der Waals surface area contributed by atoms with Crippen molar-refractivity contribution in [1.29, 1.82) is 0 Å². The fourth-order valence-corrected chi connectivity index (χ4v) is 3.16. The second-order valence-corrected chi connectivity index (χ2v) is 6.04. The van der Waals surface area contributed by atoms with Gasteiger partial charge < -0.3 is 4.74 Å². The van der Waals surface area contributed by atoms with E-state index in [-0.39, 0.29) is 5.78 Å². The Kier molecular flexibility index (Phi) is 4.29. The molecule has 0 saturated carbocycles. The van der Waals surface area contributed by atoms with E-state index in [9.17, 15) is 4.79 Å². The molecule has 0 amide bonds. The summed E-state index contributed by atoms with van der Waals surface area (Å²) in [5, 5.41) is 8.87. The molecule has 0 aliphatic rings. The lowest BCUT2D eigenvalue weighted by molar-refractivity contribution is 0.102. The van der Waals surface area contributed by atoms with Crippen LogP contribution in [0.3, 0.4) is 0 Å². The summed E-state index contributed by atoms with van der Waals surface area (Å²) in [4.78, 5) is 16.6. The van der Waals surface area contributed by atoms with Gasteiger partial charge in [-0.05, 0) is 44.2 Å². The van der Waals surface area contributed by atoms with Gasteiger partial charge in [-0.1, -0.05) is 11.8 Å². The van der Waals surface area contributed by atoms with Crippen LogP contribution in [0.5, 0.6) is 5.75 Å².